The molecule has 0 radical (unpaired) electrons. The van der Waals surface area contributed by atoms with Gasteiger partial charge >= 0.3 is 12.1 Å². The number of carbonyl (C=O) groups excluding carboxylic acids is 2. The highest BCUT2D eigenvalue weighted by molar-refractivity contribution is 5.70. The summed E-state index contributed by atoms with van der Waals surface area (Å²) in [6.07, 6.45) is 13.4. The lowest BCUT2D eigenvalue weighted by Crippen LogP contribution is -2.50. The number of nitrogens with zero attached hydrogens (tertiary/aromatic N) is 3. The zero-order chi connectivity index (χ0) is 27.6. The van der Waals surface area contributed by atoms with Gasteiger partial charge in [0, 0.05) is 17.9 Å². The van der Waals surface area contributed by atoms with Gasteiger partial charge in [-0.2, -0.15) is 0 Å². The maximum absolute atomic E-state index is 11.9. The summed E-state index contributed by atoms with van der Waals surface area (Å²) in [4.78, 5) is 26.1. The molecule has 0 aromatic carbocycles. The smallest absolute Gasteiger partial charge is 0.410 e. The zero-order valence-electron chi connectivity index (χ0n) is 22.7. The Morgan fingerprint density at radius 1 is 0.865 bits per heavy atom. The lowest BCUT2D eigenvalue weighted by molar-refractivity contribution is -0.152. The molecule has 0 fully saturated rings. The van der Waals surface area contributed by atoms with Crippen LogP contribution >= 0.6 is 0 Å². The van der Waals surface area contributed by atoms with Crippen molar-refractivity contribution in [1.82, 2.24) is 5.32 Å². The molecule has 0 saturated carbocycles. The van der Waals surface area contributed by atoms with Crippen molar-refractivity contribution in [1.29, 1.82) is 0 Å². The normalized spacial score (nSPS) is 13.3. The molecule has 0 aromatic rings. The average Bonchev–Trinajstić information content (AvgIpc) is 2.89. The molecule has 216 valence electrons. The van der Waals surface area contributed by atoms with Gasteiger partial charge in [0.2, 0.25) is 6.79 Å². The average molecular weight is 531 g/mol. The van der Waals surface area contributed by atoms with Gasteiger partial charge in [-0.05, 0) is 24.8 Å². The molecule has 0 aliphatic heterocycles. The number of rotatable bonds is 25. The number of azide groups is 1. The minimum Gasteiger partial charge on any atom is -0.428 e. The summed E-state index contributed by atoms with van der Waals surface area (Å²) in [5, 5.41) is 35.7. The van der Waals surface area contributed by atoms with Crippen LogP contribution < -0.4 is 5.32 Å². The lowest BCUT2D eigenvalue weighted by atomic mass is 9.99. The van der Waals surface area contributed by atoms with E-state index in [0.717, 1.165) is 19.3 Å². The van der Waals surface area contributed by atoms with E-state index in [1.54, 1.807) is 0 Å². The Morgan fingerprint density at radius 3 is 2.00 bits per heavy atom. The lowest BCUT2D eigenvalue weighted by Gasteiger charge is -2.26. The Kier molecular flexibility index (Phi) is 24.1. The second-order valence-corrected chi connectivity index (χ2v) is 9.50. The number of aliphatic hydroxyl groups excluding tert-OH is 3. The van der Waals surface area contributed by atoms with Gasteiger partial charge in [-0.1, -0.05) is 95.5 Å². The van der Waals surface area contributed by atoms with Crippen LogP contribution in [0.5, 0.6) is 0 Å². The molecule has 0 saturated heterocycles. The quantitative estimate of drug-likeness (QED) is 0.0311. The van der Waals surface area contributed by atoms with Gasteiger partial charge in [-0.15, -0.1) is 0 Å². The van der Waals surface area contributed by atoms with E-state index in [4.69, 9.17) is 15.0 Å². The third-order valence-corrected chi connectivity index (χ3v) is 6.27. The molecule has 0 rings (SSSR count). The number of ether oxygens (including phenoxy) is 2. The Labute approximate surface area is 221 Å². The first-order valence-corrected chi connectivity index (χ1v) is 14.0. The molecule has 0 aliphatic rings. The van der Waals surface area contributed by atoms with Crippen LogP contribution in [-0.2, 0) is 14.3 Å². The molecule has 1 amide bonds. The highest BCUT2D eigenvalue weighted by atomic mass is 16.7. The number of carbonyl (C=O) groups is 2. The second kappa shape index (κ2) is 25.6. The first-order valence-electron chi connectivity index (χ1n) is 14.0. The van der Waals surface area contributed by atoms with Crippen molar-refractivity contribution >= 4 is 12.1 Å². The van der Waals surface area contributed by atoms with Crippen LogP contribution in [0.25, 0.3) is 10.4 Å². The van der Waals surface area contributed by atoms with Crippen molar-refractivity contribution in [2.75, 3.05) is 19.9 Å². The van der Waals surface area contributed by atoms with Gasteiger partial charge < -0.3 is 30.1 Å². The van der Waals surface area contributed by atoms with E-state index >= 15 is 0 Å². The Hall–Kier alpha value is -2.07. The topological polar surface area (TPSA) is 174 Å². The van der Waals surface area contributed by atoms with Gasteiger partial charge in [-0.25, -0.2) is 4.79 Å². The molecule has 4 N–H and O–H groups in total. The first-order chi connectivity index (χ1) is 18.0. The molecule has 0 aliphatic carbocycles. The number of aliphatic hydroxyl groups is 3. The monoisotopic (exact) mass is 530 g/mol. The van der Waals surface area contributed by atoms with Crippen LogP contribution in [0.2, 0.25) is 0 Å². The van der Waals surface area contributed by atoms with Crippen molar-refractivity contribution in [3.8, 4) is 0 Å². The number of alkyl carbamates (subject to hydrolysis) is 1. The molecule has 0 bridgehead atoms. The summed E-state index contributed by atoms with van der Waals surface area (Å²) in [6, 6.07) is -1.11. The molecule has 0 heterocycles. The SMILES string of the molecule is CCCCCCCCCCCCCCC(O)C(O)C(CO)NC(=O)OCOC(=O)CCCCCN=[N+]=[N-]. The fraction of sp³-hybridized carbons (Fsp3) is 0.923. The number of hydrogen-bond donors (Lipinski definition) is 4. The molecule has 0 aromatic heterocycles. The highest BCUT2D eigenvalue weighted by Gasteiger charge is 2.27. The van der Waals surface area contributed by atoms with E-state index < -0.39 is 43.7 Å². The number of nitrogens with one attached hydrogen (secondary N) is 1. The van der Waals surface area contributed by atoms with Crippen LogP contribution in [0.1, 0.15) is 116 Å². The standard InChI is InChI=1S/C26H50N4O7/c1-2-3-4-5-6-7-8-9-10-11-12-14-17-23(32)25(34)22(20-31)29-26(35)37-21-36-24(33)18-15-13-16-19-28-30-27/h22-23,25,31-32,34H,2-21H2,1H3,(H,29,35). The molecular weight excluding hydrogens is 480 g/mol. The van der Waals surface area contributed by atoms with Crippen molar-refractivity contribution in [3.05, 3.63) is 10.4 Å². The number of unbranched alkanes of at least 4 members (excludes halogenated alkanes) is 13. The van der Waals surface area contributed by atoms with Crippen LogP contribution in [0.15, 0.2) is 5.11 Å². The van der Waals surface area contributed by atoms with Gasteiger partial charge in [0.15, 0.2) is 0 Å². The molecule has 0 spiro atoms. The third kappa shape index (κ3) is 21.7. The molecule has 11 heteroatoms. The predicted molar refractivity (Wildman–Crippen MR) is 142 cm³/mol. The second-order valence-electron chi connectivity index (χ2n) is 9.50. The van der Waals surface area contributed by atoms with E-state index in [-0.39, 0.29) is 6.42 Å². The first kappa shape index (κ1) is 34.9. The van der Waals surface area contributed by atoms with Crippen LogP contribution in [-0.4, -0.2) is 65.6 Å². The summed E-state index contributed by atoms with van der Waals surface area (Å²) in [5.41, 5.74) is 8.18. The van der Waals surface area contributed by atoms with E-state index in [2.05, 4.69) is 22.3 Å². The zero-order valence-corrected chi connectivity index (χ0v) is 22.7. The van der Waals surface area contributed by atoms with E-state index in [0.29, 0.717) is 32.2 Å². The molecule has 11 nitrogen and oxygen atoms in total. The maximum atomic E-state index is 11.9. The van der Waals surface area contributed by atoms with Crippen LogP contribution in [0, 0.1) is 0 Å². The molecule has 3 unspecified atom stereocenters. The summed E-state index contributed by atoms with van der Waals surface area (Å²) >= 11 is 0. The number of amides is 1. The largest absolute Gasteiger partial charge is 0.428 e. The Morgan fingerprint density at radius 2 is 1.43 bits per heavy atom. The van der Waals surface area contributed by atoms with Crippen molar-refractivity contribution in [3.63, 3.8) is 0 Å². The minimum atomic E-state index is -1.35. The number of esters is 1. The fourth-order valence-electron chi connectivity index (χ4n) is 3.96. The summed E-state index contributed by atoms with van der Waals surface area (Å²) in [6.45, 7) is 1.42. The van der Waals surface area contributed by atoms with E-state index in [1.807, 2.05) is 0 Å². The van der Waals surface area contributed by atoms with Crippen molar-refractivity contribution in [2.24, 2.45) is 5.11 Å². The van der Waals surface area contributed by atoms with E-state index in [9.17, 15) is 24.9 Å². The Bertz CT molecular complexity index is 618. The molecule has 3 atom stereocenters. The summed E-state index contributed by atoms with van der Waals surface area (Å²) < 4.78 is 9.57. The third-order valence-electron chi connectivity index (χ3n) is 6.27. The van der Waals surface area contributed by atoms with Crippen LogP contribution in [0.3, 0.4) is 0 Å². The van der Waals surface area contributed by atoms with Crippen molar-refractivity contribution < 1.29 is 34.4 Å². The van der Waals surface area contributed by atoms with Crippen molar-refractivity contribution in [2.45, 2.75) is 134 Å². The van der Waals surface area contributed by atoms with Gasteiger partial charge in [0.25, 0.3) is 0 Å². The van der Waals surface area contributed by atoms with Gasteiger partial charge in [0.05, 0.1) is 18.8 Å². The van der Waals surface area contributed by atoms with Gasteiger partial charge in [-0.3, -0.25) is 4.79 Å². The summed E-state index contributed by atoms with van der Waals surface area (Å²) in [5.74, 6) is -0.534. The van der Waals surface area contributed by atoms with Gasteiger partial charge in [0.1, 0.15) is 6.10 Å². The molecular formula is C26H50N4O7. The number of hydrogen-bond acceptors (Lipinski definition) is 8. The summed E-state index contributed by atoms with van der Waals surface area (Å²) in [7, 11) is 0. The Balaban J connectivity index is 3.87. The maximum Gasteiger partial charge on any atom is 0.410 e. The van der Waals surface area contributed by atoms with Crippen LogP contribution in [0.4, 0.5) is 4.79 Å². The minimum absolute atomic E-state index is 0.143. The van der Waals surface area contributed by atoms with E-state index in [1.165, 1.54) is 57.8 Å². The highest BCUT2D eigenvalue weighted by Crippen LogP contribution is 2.14. The molecule has 37 heavy (non-hydrogen) atoms. The predicted octanol–water partition coefficient (Wildman–Crippen LogP) is 5.26. The fourth-order valence-corrected chi connectivity index (χ4v) is 3.96.